The number of hydrazine groups is 1. The molecule has 1 heterocycles. The van der Waals surface area contributed by atoms with Gasteiger partial charge in [-0.3, -0.25) is 20.8 Å². The van der Waals surface area contributed by atoms with Crippen molar-refractivity contribution in [2.24, 2.45) is 5.84 Å². The first-order valence-electron chi connectivity index (χ1n) is 4.59. The molecule has 0 fully saturated rings. The highest BCUT2D eigenvalue weighted by Crippen LogP contribution is 2.21. The van der Waals surface area contributed by atoms with Gasteiger partial charge in [-0.15, -0.1) is 0 Å². The van der Waals surface area contributed by atoms with Crippen LogP contribution in [0.15, 0.2) is 18.5 Å². The molecule has 0 spiro atoms. The highest BCUT2D eigenvalue weighted by Gasteiger charge is 2.13. The number of nitrogens with two attached hydrogens (primary N) is 1. The summed E-state index contributed by atoms with van der Waals surface area (Å²) in [5.41, 5.74) is 2.34. The summed E-state index contributed by atoms with van der Waals surface area (Å²) in [5, 5.41) is 13.1. The number of anilines is 1. The number of carbonyl (C=O) groups excluding carboxylic acids is 1. The van der Waals surface area contributed by atoms with Gasteiger partial charge >= 0.3 is 0 Å². The fourth-order valence-corrected chi connectivity index (χ4v) is 1.14. The topological polar surface area (TPSA) is 123 Å². The smallest absolute Gasteiger partial charge is 0.294 e. The van der Waals surface area contributed by atoms with E-state index in [1.807, 2.05) is 0 Å². The van der Waals surface area contributed by atoms with Crippen LogP contribution in [0.2, 0.25) is 0 Å². The average Bonchev–Trinajstić information content (AvgIpc) is 2.25. The second-order valence-corrected chi connectivity index (χ2v) is 3.07. The number of nitrogens with zero attached hydrogens (tertiary/aromatic N) is 2. The molecule has 17 heavy (non-hydrogen) atoms. The summed E-state index contributed by atoms with van der Waals surface area (Å²) in [6.45, 7) is 1.32. The van der Waals surface area contributed by atoms with Gasteiger partial charge in [-0.1, -0.05) is 0 Å². The molecule has 0 aliphatic heterocycles. The van der Waals surface area contributed by atoms with Crippen LogP contribution in [-0.2, 0) is 4.79 Å². The van der Waals surface area contributed by atoms with E-state index in [1.54, 1.807) is 0 Å². The lowest BCUT2D eigenvalue weighted by Crippen LogP contribution is -2.13. The number of hydrogen-bond donors (Lipinski definition) is 3. The largest absolute Gasteiger partial charge is 0.331 e. The van der Waals surface area contributed by atoms with Crippen molar-refractivity contribution in [2.75, 3.05) is 5.32 Å². The predicted molar refractivity (Wildman–Crippen MR) is 61.6 cm³/mol. The third kappa shape index (κ3) is 3.54. The number of hydrogen-bond acceptors (Lipinski definition) is 6. The van der Waals surface area contributed by atoms with Crippen molar-refractivity contribution < 1.29 is 9.72 Å². The molecule has 1 rings (SSSR count). The van der Waals surface area contributed by atoms with Crippen molar-refractivity contribution in [1.82, 2.24) is 10.4 Å². The zero-order valence-electron chi connectivity index (χ0n) is 9.01. The van der Waals surface area contributed by atoms with Gasteiger partial charge in [0.25, 0.3) is 5.69 Å². The van der Waals surface area contributed by atoms with E-state index in [1.165, 1.54) is 25.3 Å². The molecule has 0 aliphatic rings. The number of nitro groups is 1. The highest BCUT2D eigenvalue weighted by molar-refractivity contribution is 5.88. The van der Waals surface area contributed by atoms with Crippen LogP contribution in [0.25, 0.3) is 6.08 Å². The summed E-state index contributed by atoms with van der Waals surface area (Å²) in [7, 11) is 0. The molecular weight excluding hydrogens is 226 g/mol. The Labute approximate surface area is 96.6 Å². The van der Waals surface area contributed by atoms with Crippen molar-refractivity contribution in [3.63, 3.8) is 0 Å². The van der Waals surface area contributed by atoms with E-state index in [2.05, 4.69) is 15.7 Å². The van der Waals surface area contributed by atoms with E-state index in [-0.39, 0.29) is 23.0 Å². The lowest BCUT2D eigenvalue weighted by atomic mass is 10.2. The molecule has 4 N–H and O–H groups in total. The first-order chi connectivity index (χ1) is 8.04. The van der Waals surface area contributed by atoms with Crippen molar-refractivity contribution in [2.45, 2.75) is 6.92 Å². The number of rotatable bonds is 4. The second kappa shape index (κ2) is 5.56. The standard InChI is InChI=1S/C9H11N5O3/c1-6(15)13-9-4-7(2-3-12-10)8(5-11-9)14(16)17/h2-5,12H,10H2,1H3,(H,11,13,15). The van der Waals surface area contributed by atoms with E-state index in [0.29, 0.717) is 0 Å². The fourth-order valence-electron chi connectivity index (χ4n) is 1.14. The lowest BCUT2D eigenvalue weighted by Gasteiger charge is -2.02. The summed E-state index contributed by atoms with van der Waals surface area (Å²) >= 11 is 0. The molecule has 0 aromatic carbocycles. The Morgan fingerprint density at radius 1 is 1.65 bits per heavy atom. The monoisotopic (exact) mass is 237 g/mol. The average molecular weight is 237 g/mol. The number of nitrogens with one attached hydrogen (secondary N) is 2. The van der Waals surface area contributed by atoms with Gasteiger partial charge < -0.3 is 10.7 Å². The number of pyridine rings is 1. The first kappa shape index (κ1) is 12.6. The van der Waals surface area contributed by atoms with Crippen LogP contribution < -0.4 is 16.6 Å². The third-order valence-electron chi connectivity index (χ3n) is 1.77. The van der Waals surface area contributed by atoms with Crippen LogP contribution in [0.5, 0.6) is 0 Å². The molecular formula is C9H11N5O3. The Morgan fingerprint density at radius 3 is 2.88 bits per heavy atom. The van der Waals surface area contributed by atoms with Gasteiger partial charge in [0.2, 0.25) is 5.91 Å². The minimum Gasteiger partial charge on any atom is -0.331 e. The normalized spacial score (nSPS) is 10.2. The molecule has 1 aromatic heterocycles. The summed E-state index contributed by atoms with van der Waals surface area (Å²) in [4.78, 5) is 24.7. The molecule has 1 aromatic rings. The fraction of sp³-hybridized carbons (Fsp3) is 0.111. The predicted octanol–water partition coefficient (Wildman–Crippen LogP) is 0.382. The molecule has 0 unspecified atom stereocenters. The van der Waals surface area contributed by atoms with Crippen LogP contribution in [0.4, 0.5) is 11.5 Å². The van der Waals surface area contributed by atoms with Gasteiger partial charge in [-0.25, -0.2) is 4.98 Å². The van der Waals surface area contributed by atoms with Gasteiger partial charge in [0.05, 0.1) is 10.5 Å². The number of carbonyl (C=O) groups is 1. The molecule has 0 radical (unpaired) electrons. The summed E-state index contributed by atoms with van der Waals surface area (Å²) in [5.74, 6) is 4.96. The number of aromatic nitrogens is 1. The van der Waals surface area contributed by atoms with E-state index in [0.717, 1.165) is 6.20 Å². The maximum Gasteiger partial charge on any atom is 0.294 e. The Morgan fingerprint density at radius 2 is 2.35 bits per heavy atom. The van der Waals surface area contributed by atoms with Crippen molar-refractivity contribution in [3.05, 3.63) is 34.1 Å². The van der Waals surface area contributed by atoms with Crippen LogP contribution in [0.3, 0.4) is 0 Å². The van der Waals surface area contributed by atoms with Gasteiger partial charge in [-0.05, 0) is 12.1 Å². The van der Waals surface area contributed by atoms with E-state index < -0.39 is 4.92 Å². The second-order valence-electron chi connectivity index (χ2n) is 3.07. The third-order valence-corrected chi connectivity index (χ3v) is 1.77. The Bertz CT molecular complexity index is 472. The van der Waals surface area contributed by atoms with Crippen molar-refractivity contribution >= 4 is 23.5 Å². The Hall–Kier alpha value is -2.48. The van der Waals surface area contributed by atoms with Gasteiger partial charge in [-0.2, -0.15) is 0 Å². The van der Waals surface area contributed by atoms with Crippen LogP contribution in [-0.4, -0.2) is 15.8 Å². The molecule has 1 amide bonds. The highest BCUT2D eigenvalue weighted by atomic mass is 16.6. The lowest BCUT2D eigenvalue weighted by molar-refractivity contribution is -0.385. The minimum absolute atomic E-state index is 0.175. The SMILES string of the molecule is CC(=O)Nc1cc(C=CNN)c([N+](=O)[O-])cn1. The maximum absolute atomic E-state index is 10.8. The zero-order valence-corrected chi connectivity index (χ0v) is 9.01. The molecule has 0 saturated heterocycles. The Balaban J connectivity index is 3.14. The van der Waals surface area contributed by atoms with E-state index in [9.17, 15) is 14.9 Å². The quantitative estimate of drug-likeness (QED) is 0.395. The van der Waals surface area contributed by atoms with Crippen LogP contribution in [0.1, 0.15) is 12.5 Å². The maximum atomic E-state index is 10.8. The minimum atomic E-state index is -0.569. The molecule has 8 heteroatoms. The summed E-state index contributed by atoms with van der Waals surface area (Å²) in [6.07, 6.45) is 3.81. The van der Waals surface area contributed by atoms with Gasteiger partial charge in [0.1, 0.15) is 12.0 Å². The van der Waals surface area contributed by atoms with Crippen molar-refractivity contribution in [1.29, 1.82) is 0 Å². The molecule has 90 valence electrons. The molecule has 0 atom stereocenters. The van der Waals surface area contributed by atoms with E-state index >= 15 is 0 Å². The summed E-state index contributed by atoms with van der Waals surface area (Å²) < 4.78 is 0. The van der Waals surface area contributed by atoms with Crippen LogP contribution in [0, 0.1) is 10.1 Å². The molecule has 0 aliphatic carbocycles. The first-order valence-corrected chi connectivity index (χ1v) is 4.59. The van der Waals surface area contributed by atoms with Gasteiger partial charge in [0, 0.05) is 13.1 Å². The van der Waals surface area contributed by atoms with Crippen molar-refractivity contribution in [3.8, 4) is 0 Å². The Kier molecular flexibility index (Phi) is 4.12. The van der Waals surface area contributed by atoms with Gasteiger partial charge in [0.15, 0.2) is 0 Å². The number of amides is 1. The molecule has 0 saturated carbocycles. The molecule has 8 nitrogen and oxygen atoms in total. The van der Waals surface area contributed by atoms with Crippen LogP contribution >= 0.6 is 0 Å². The van der Waals surface area contributed by atoms with E-state index in [4.69, 9.17) is 5.84 Å². The molecule has 0 bridgehead atoms. The zero-order chi connectivity index (χ0) is 12.8. The summed E-state index contributed by atoms with van der Waals surface area (Å²) in [6, 6.07) is 1.38.